The van der Waals surface area contributed by atoms with E-state index in [1.165, 1.54) is 47.8 Å². The second kappa shape index (κ2) is 13.8. The van der Waals surface area contributed by atoms with Crippen LogP contribution in [0.25, 0.3) is 0 Å². The molecule has 0 atom stereocenters. The molecule has 47 heavy (non-hydrogen) atoms. The minimum Gasteiger partial charge on any atom is -0.379 e. The molecular weight excluding hydrogens is 681 g/mol. The summed E-state index contributed by atoms with van der Waals surface area (Å²) in [6.45, 7) is 9.11. The Hall–Kier alpha value is -3.15. The van der Waals surface area contributed by atoms with Crippen LogP contribution in [0.3, 0.4) is 0 Å². The van der Waals surface area contributed by atoms with Crippen molar-refractivity contribution in [1.29, 1.82) is 10.8 Å². The number of allylic oxidation sites excluding steroid dienone is 4. The lowest BCUT2D eigenvalue weighted by atomic mass is 9.81. The highest BCUT2D eigenvalue weighted by atomic mass is 32.2. The molecule has 0 spiro atoms. The number of nitrogens with two attached hydrogens (primary N) is 2. The van der Waals surface area contributed by atoms with E-state index in [-0.39, 0.29) is 20.1 Å². The van der Waals surface area contributed by atoms with Gasteiger partial charge in [-0.15, -0.1) is 0 Å². The summed E-state index contributed by atoms with van der Waals surface area (Å²) in [5, 5.41) is 15.1. The Bertz CT molecular complexity index is 1920. The van der Waals surface area contributed by atoms with Crippen LogP contribution in [0.5, 0.6) is 0 Å². The normalized spacial score (nSPS) is 17.8. The fourth-order valence-corrected chi connectivity index (χ4v) is 8.15. The van der Waals surface area contributed by atoms with Crippen LogP contribution in [0.2, 0.25) is 0 Å². The molecule has 4 rings (SSSR count). The Kier molecular flexibility index (Phi) is 10.7. The topological polar surface area (TPSA) is 215 Å². The standard InChI is InChI=1S/C31H40N6O6S4/c1-30(2)22-18-20(46(38,39)40)10-12-24(22)36(14-6-16-44-28(32)33)26(30)8-5-9-27-31(3,4)23-19-21(47(41,42)43)11-13-25(23)37(27)15-7-17-45-29(34)35/h5,8-13,18-19H,6-7,14-17H2,1-4H3,(H7-,32,33,34,35,38,39,40,41,42,43)/p+1. The van der Waals surface area contributed by atoms with E-state index in [0.29, 0.717) is 37.4 Å². The number of rotatable bonds is 12. The lowest BCUT2D eigenvalue weighted by molar-refractivity contribution is -0.437. The van der Waals surface area contributed by atoms with E-state index in [4.69, 9.17) is 22.3 Å². The van der Waals surface area contributed by atoms with E-state index >= 15 is 0 Å². The number of benzene rings is 2. The number of fused-ring (bicyclic) bond motifs is 2. The number of thioether (sulfide) groups is 2. The van der Waals surface area contributed by atoms with Gasteiger partial charge in [0.2, 0.25) is 5.69 Å². The molecule has 8 N–H and O–H groups in total. The number of nitrogens with zero attached hydrogens (tertiary/aromatic N) is 2. The van der Waals surface area contributed by atoms with Crippen LogP contribution < -0.4 is 16.4 Å². The van der Waals surface area contributed by atoms with E-state index in [1.54, 1.807) is 12.1 Å². The molecule has 0 unspecified atom stereocenters. The SMILES string of the molecule is CC1(C)C(/C=C/C=C2/N(CCCSC(=N)N)c3ccc(S(=O)(=O)O)cc3C2(C)C)=[N+](CCCSC(=N)N)c2ccc(S(=O)(=O)O)cc21. The molecule has 0 fully saturated rings. The Morgan fingerprint density at radius 1 is 0.872 bits per heavy atom. The van der Waals surface area contributed by atoms with Crippen molar-refractivity contribution >= 4 is 71.2 Å². The molecule has 0 saturated heterocycles. The first-order valence-corrected chi connectivity index (χ1v) is 19.6. The number of hydrogen-bond donors (Lipinski definition) is 6. The Labute approximate surface area is 284 Å². The van der Waals surface area contributed by atoms with Gasteiger partial charge in [0.05, 0.1) is 15.2 Å². The van der Waals surface area contributed by atoms with E-state index in [1.807, 2.05) is 45.9 Å². The summed E-state index contributed by atoms with van der Waals surface area (Å²) in [6, 6.07) is 9.18. The lowest BCUT2D eigenvalue weighted by Crippen LogP contribution is -2.28. The molecule has 0 amide bonds. The van der Waals surface area contributed by atoms with Crippen LogP contribution in [0.15, 0.2) is 70.1 Å². The second-order valence-electron chi connectivity index (χ2n) is 12.3. The van der Waals surface area contributed by atoms with Crippen molar-refractivity contribution in [2.45, 2.75) is 61.2 Å². The van der Waals surface area contributed by atoms with E-state index in [9.17, 15) is 25.9 Å². The van der Waals surface area contributed by atoms with Crippen LogP contribution in [0.1, 0.15) is 51.7 Å². The third-order valence-corrected chi connectivity index (χ3v) is 11.7. The van der Waals surface area contributed by atoms with Gasteiger partial charge >= 0.3 is 0 Å². The van der Waals surface area contributed by atoms with Crippen molar-refractivity contribution in [3.8, 4) is 0 Å². The largest absolute Gasteiger partial charge is 0.379 e. The summed E-state index contributed by atoms with van der Waals surface area (Å²) >= 11 is 2.50. The van der Waals surface area contributed by atoms with Gasteiger partial charge in [-0.25, -0.2) is 0 Å². The van der Waals surface area contributed by atoms with E-state index in [0.717, 1.165) is 33.9 Å². The first-order valence-electron chi connectivity index (χ1n) is 14.7. The minimum atomic E-state index is -4.42. The van der Waals surface area contributed by atoms with Gasteiger partial charge in [0.25, 0.3) is 20.2 Å². The first-order chi connectivity index (χ1) is 21.8. The van der Waals surface area contributed by atoms with Crippen LogP contribution in [0, 0.1) is 10.8 Å². The smallest absolute Gasteiger partial charge is 0.294 e. The van der Waals surface area contributed by atoms with Gasteiger partial charge in [0.15, 0.2) is 16.0 Å². The third kappa shape index (κ3) is 7.95. The molecule has 16 heteroatoms. The molecular formula is C31H41N6O6S4+. The average Bonchev–Trinajstić information content (AvgIpc) is 3.30. The molecule has 0 radical (unpaired) electrons. The zero-order chi connectivity index (χ0) is 34.9. The number of amidine groups is 2. The zero-order valence-electron chi connectivity index (χ0n) is 26.6. The summed E-state index contributed by atoms with van der Waals surface area (Å²) in [4.78, 5) is 1.75. The van der Waals surface area contributed by atoms with E-state index < -0.39 is 31.1 Å². The maximum Gasteiger partial charge on any atom is 0.294 e. The highest BCUT2D eigenvalue weighted by molar-refractivity contribution is 8.13. The van der Waals surface area contributed by atoms with Gasteiger partial charge in [-0.3, -0.25) is 19.9 Å². The first kappa shape index (κ1) is 36.7. The van der Waals surface area contributed by atoms with Gasteiger partial charge in [0, 0.05) is 59.0 Å². The van der Waals surface area contributed by atoms with Crippen molar-refractivity contribution < 1.29 is 30.5 Å². The van der Waals surface area contributed by atoms with Gasteiger partial charge in [-0.2, -0.15) is 21.4 Å². The van der Waals surface area contributed by atoms with Gasteiger partial charge < -0.3 is 16.4 Å². The van der Waals surface area contributed by atoms with Crippen LogP contribution >= 0.6 is 23.5 Å². The Morgan fingerprint density at radius 2 is 1.43 bits per heavy atom. The van der Waals surface area contributed by atoms with Crippen molar-refractivity contribution in [2.75, 3.05) is 29.5 Å². The summed E-state index contributed by atoms with van der Waals surface area (Å²) in [7, 11) is -8.83. The van der Waals surface area contributed by atoms with Crippen molar-refractivity contribution in [3.63, 3.8) is 0 Å². The molecule has 0 bridgehead atoms. The summed E-state index contributed by atoms with van der Waals surface area (Å²) in [6.07, 6.45) is 7.27. The number of nitrogens with one attached hydrogen (secondary N) is 2. The van der Waals surface area contributed by atoms with Crippen LogP contribution in [0.4, 0.5) is 11.4 Å². The zero-order valence-corrected chi connectivity index (χ0v) is 29.9. The Balaban J connectivity index is 1.78. The summed E-state index contributed by atoms with van der Waals surface area (Å²) < 4.78 is 69.6. The van der Waals surface area contributed by atoms with Crippen molar-refractivity contribution in [1.82, 2.24) is 0 Å². The van der Waals surface area contributed by atoms with Crippen molar-refractivity contribution in [3.05, 3.63) is 71.5 Å². The molecule has 2 aliphatic heterocycles. The molecule has 0 aliphatic carbocycles. The average molecular weight is 722 g/mol. The second-order valence-corrected chi connectivity index (χ2v) is 17.4. The maximum absolute atomic E-state index is 12.0. The maximum atomic E-state index is 12.0. The Morgan fingerprint density at radius 3 is 2.00 bits per heavy atom. The van der Waals surface area contributed by atoms with Crippen LogP contribution in [-0.4, -0.2) is 71.2 Å². The monoisotopic (exact) mass is 721 g/mol. The highest BCUT2D eigenvalue weighted by Crippen LogP contribution is 2.49. The fourth-order valence-electron chi connectivity index (χ4n) is 6.15. The molecule has 0 aromatic heterocycles. The fraction of sp³-hybridized carbons (Fsp3) is 0.387. The quantitative estimate of drug-likeness (QED) is 0.0574. The molecule has 0 saturated carbocycles. The molecule has 12 nitrogen and oxygen atoms in total. The molecule has 2 aromatic rings. The van der Waals surface area contributed by atoms with E-state index in [2.05, 4.69) is 9.48 Å². The highest BCUT2D eigenvalue weighted by Gasteiger charge is 2.45. The minimum absolute atomic E-state index is 0.0361. The number of anilines is 1. The van der Waals surface area contributed by atoms with Gasteiger partial charge in [0.1, 0.15) is 6.54 Å². The molecule has 2 aliphatic rings. The molecule has 2 aromatic carbocycles. The van der Waals surface area contributed by atoms with Crippen LogP contribution in [-0.2, 0) is 31.1 Å². The van der Waals surface area contributed by atoms with Gasteiger partial charge in [-0.05, 0) is 62.2 Å². The number of hydrogen-bond acceptors (Lipinski definition) is 9. The lowest BCUT2D eigenvalue weighted by Gasteiger charge is -2.27. The van der Waals surface area contributed by atoms with Crippen molar-refractivity contribution in [2.24, 2.45) is 11.5 Å². The molecule has 2 heterocycles. The predicted octanol–water partition coefficient (Wildman–Crippen LogP) is 4.83. The summed E-state index contributed by atoms with van der Waals surface area (Å²) in [5.74, 6) is 1.25. The molecule has 254 valence electrons. The van der Waals surface area contributed by atoms with Gasteiger partial charge in [-0.1, -0.05) is 43.4 Å². The third-order valence-electron chi connectivity index (χ3n) is 8.40. The summed E-state index contributed by atoms with van der Waals surface area (Å²) in [5.41, 5.74) is 14.7. The predicted molar refractivity (Wildman–Crippen MR) is 191 cm³/mol.